The first kappa shape index (κ1) is 10.9. The van der Waals surface area contributed by atoms with Crippen LogP contribution in [0.5, 0.6) is 0 Å². The molecule has 2 atom stereocenters. The van der Waals surface area contributed by atoms with Gasteiger partial charge in [-0.2, -0.15) is 0 Å². The lowest BCUT2D eigenvalue weighted by Gasteiger charge is -2.31. The first-order valence-corrected chi connectivity index (χ1v) is 5.76. The minimum absolute atomic E-state index is 0.273. The van der Waals surface area contributed by atoms with Crippen LogP contribution in [-0.2, 0) is 0 Å². The predicted octanol–water partition coefficient (Wildman–Crippen LogP) is 2.03. The Balaban J connectivity index is 2.16. The van der Waals surface area contributed by atoms with Gasteiger partial charge in [-0.25, -0.2) is 0 Å². The summed E-state index contributed by atoms with van der Waals surface area (Å²) in [6, 6.07) is 7.95. The SMILES string of the molecule is OCC1CCNCC1c1ccc(Cl)cc1. The van der Waals surface area contributed by atoms with Crippen molar-refractivity contribution in [2.24, 2.45) is 5.92 Å². The van der Waals surface area contributed by atoms with Crippen LogP contribution in [0.3, 0.4) is 0 Å². The molecule has 0 amide bonds. The summed E-state index contributed by atoms with van der Waals surface area (Å²) < 4.78 is 0. The molecule has 0 spiro atoms. The molecule has 82 valence electrons. The smallest absolute Gasteiger partial charge is 0.0466 e. The van der Waals surface area contributed by atoms with Crippen molar-refractivity contribution in [3.8, 4) is 0 Å². The van der Waals surface area contributed by atoms with Gasteiger partial charge in [0.05, 0.1) is 0 Å². The van der Waals surface area contributed by atoms with E-state index in [1.165, 1.54) is 5.56 Å². The average Bonchev–Trinajstić information content (AvgIpc) is 2.30. The van der Waals surface area contributed by atoms with E-state index in [0.29, 0.717) is 11.8 Å². The van der Waals surface area contributed by atoms with E-state index >= 15 is 0 Å². The third-order valence-corrected chi connectivity index (χ3v) is 3.41. The summed E-state index contributed by atoms with van der Waals surface area (Å²) in [4.78, 5) is 0. The molecule has 2 rings (SSSR count). The summed E-state index contributed by atoms with van der Waals surface area (Å²) in [7, 11) is 0. The van der Waals surface area contributed by atoms with Gasteiger partial charge in [0.25, 0.3) is 0 Å². The van der Waals surface area contributed by atoms with Crippen molar-refractivity contribution in [3.05, 3.63) is 34.9 Å². The molecule has 0 bridgehead atoms. The molecular weight excluding hydrogens is 210 g/mol. The molecule has 0 radical (unpaired) electrons. The summed E-state index contributed by atoms with van der Waals surface area (Å²) >= 11 is 5.86. The van der Waals surface area contributed by atoms with Gasteiger partial charge >= 0.3 is 0 Å². The van der Waals surface area contributed by atoms with Gasteiger partial charge in [-0.3, -0.25) is 0 Å². The van der Waals surface area contributed by atoms with E-state index in [-0.39, 0.29) is 6.61 Å². The van der Waals surface area contributed by atoms with Crippen molar-refractivity contribution in [1.82, 2.24) is 5.32 Å². The maximum absolute atomic E-state index is 9.32. The van der Waals surface area contributed by atoms with Crippen LogP contribution in [0.25, 0.3) is 0 Å². The molecule has 0 aliphatic carbocycles. The molecular formula is C12H16ClNO. The number of aliphatic hydroxyl groups excluding tert-OH is 1. The van der Waals surface area contributed by atoms with Crippen LogP contribution >= 0.6 is 11.6 Å². The molecule has 1 fully saturated rings. The van der Waals surface area contributed by atoms with E-state index in [1.807, 2.05) is 12.1 Å². The molecule has 1 aromatic carbocycles. The third kappa shape index (κ3) is 2.51. The topological polar surface area (TPSA) is 32.3 Å². The molecule has 2 unspecified atom stereocenters. The normalized spacial score (nSPS) is 26.5. The zero-order chi connectivity index (χ0) is 10.7. The Morgan fingerprint density at radius 1 is 1.33 bits per heavy atom. The van der Waals surface area contributed by atoms with Crippen molar-refractivity contribution >= 4 is 11.6 Å². The number of piperidine rings is 1. The van der Waals surface area contributed by atoms with E-state index in [0.717, 1.165) is 24.5 Å². The van der Waals surface area contributed by atoms with Crippen molar-refractivity contribution in [1.29, 1.82) is 0 Å². The van der Waals surface area contributed by atoms with Crippen molar-refractivity contribution in [2.75, 3.05) is 19.7 Å². The second kappa shape index (κ2) is 4.97. The van der Waals surface area contributed by atoms with E-state index < -0.39 is 0 Å². The van der Waals surface area contributed by atoms with Gasteiger partial charge in [-0.05, 0) is 36.6 Å². The Hall–Kier alpha value is -0.570. The molecule has 0 aromatic heterocycles. The van der Waals surface area contributed by atoms with Crippen LogP contribution in [0.1, 0.15) is 17.9 Å². The number of benzene rings is 1. The average molecular weight is 226 g/mol. The van der Waals surface area contributed by atoms with Crippen molar-refractivity contribution < 1.29 is 5.11 Å². The highest BCUT2D eigenvalue weighted by molar-refractivity contribution is 6.30. The van der Waals surface area contributed by atoms with E-state index in [4.69, 9.17) is 11.6 Å². The molecule has 1 aliphatic rings. The zero-order valence-electron chi connectivity index (χ0n) is 8.62. The minimum atomic E-state index is 0.273. The maximum atomic E-state index is 9.32. The van der Waals surface area contributed by atoms with Gasteiger partial charge in [0.1, 0.15) is 0 Å². The Labute approximate surface area is 95.3 Å². The molecule has 1 heterocycles. The third-order valence-electron chi connectivity index (χ3n) is 3.16. The summed E-state index contributed by atoms with van der Waals surface area (Å²) in [6.07, 6.45) is 1.05. The van der Waals surface area contributed by atoms with Gasteiger partial charge in [-0.1, -0.05) is 23.7 Å². The molecule has 3 heteroatoms. The van der Waals surface area contributed by atoms with Gasteiger partial charge in [0.2, 0.25) is 0 Å². The van der Waals surface area contributed by atoms with E-state index in [2.05, 4.69) is 17.4 Å². The number of hydrogen-bond acceptors (Lipinski definition) is 2. The Morgan fingerprint density at radius 3 is 2.73 bits per heavy atom. The fourth-order valence-electron chi connectivity index (χ4n) is 2.23. The van der Waals surface area contributed by atoms with E-state index in [1.54, 1.807) is 0 Å². The van der Waals surface area contributed by atoms with Crippen LogP contribution in [0, 0.1) is 5.92 Å². The lowest BCUT2D eigenvalue weighted by molar-refractivity contribution is 0.176. The zero-order valence-corrected chi connectivity index (χ0v) is 9.37. The van der Waals surface area contributed by atoms with Crippen LogP contribution < -0.4 is 5.32 Å². The molecule has 1 saturated heterocycles. The van der Waals surface area contributed by atoms with Crippen molar-refractivity contribution in [2.45, 2.75) is 12.3 Å². The highest BCUT2D eigenvalue weighted by Gasteiger charge is 2.25. The molecule has 1 aliphatic heterocycles. The Bertz CT molecular complexity index is 312. The molecule has 2 N–H and O–H groups in total. The van der Waals surface area contributed by atoms with E-state index in [9.17, 15) is 5.11 Å². The Morgan fingerprint density at radius 2 is 2.07 bits per heavy atom. The Kier molecular flexibility index (Phi) is 3.62. The van der Waals surface area contributed by atoms with Gasteiger partial charge < -0.3 is 10.4 Å². The largest absolute Gasteiger partial charge is 0.396 e. The quantitative estimate of drug-likeness (QED) is 0.807. The van der Waals surface area contributed by atoms with Gasteiger partial charge in [0, 0.05) is 24.1 Å². The van der Waals surface area contributed by atoms with Crippen LogP contribution in [0.4, 0.5) is 0 Å². The van der Waals surface area contributed by atoms with Crippen LogP contribution in [-0.4, -0.2) is 24.8 Å². The summed E-state index contributed by atoms with van der Waals surface area (Å²) in [5.74, 6) is 0.799. The predicted molar refractivity (Wildman–Crippen MR) is 62.3 cm³/mol. The fraction of sp³-hybridized carbons (Fsp3) is 0.500. The number of rotatable bonds is 2. The molecule has 15 heavy (non-hydrogen) atoms. The number of hydrogen-bond donors (Lipinski definition) is 2. The van der Waals surface area contributed by atoms with Gasteiger partial charge in [-0.15, -0.1) is 0 Å². The maximum Gasteiger partial charge on any atom is 0.0466 e. The first-order chi connectivity index (χ1) is 7.31. The molecule has 2 nitrogen and oxygen atoms in total. The number of aliphatic hydroxyl groups is 1. The fourth-order valence-corrected chi connectivity index (χ4v) is 2.36. The van der Waals surface area contributed by atoms with Crippen LogP contribution in [0.15, 0.2) is 24.3 Å². The summed E-state index contributed by atoms with van der Waals surface area (Å²) in [6.45, 7) is 2.23. The lowest BCUT2D eigenvalue weighted by atomic mass is 9.82. The van der Waals surface area contributed by atoms with Crippen LogP contribution in [0.2, 0.25) is 5.02 Å². The summed E-state index contributed by atoms with van der Waals surface area (Å²) in [5, 5.41) is 13.5. The monoisotopic (exact) mass is 225 g/mol. The lowest BCUT2D eigenvalue weighted by Crippen LogP contribution is -2.36. The first-order valence-electron chi connectivity index (χ1n) is 5.38. The minimum Gasteiger partial charge on any atom is -0.396 e. The number of nitrogens with one attached hydrogen (secondary N) is 1. The second-order valence-corrected chi connectivity index (χ2v) is 4.53. The molecule has 0 saturated carbocycles. The number of halogens is 1. The van der Waals surface area contributed by atoms with Gasteiger partial charge in [0.15, 0.2) is 0 Å². The second-order valence-electron chi connectivity index (χ2n) is 4.09. The standard InChI is InChI=1S/C12H16ClNO/c13-11-3-1-9(2-4-11)12-7-14-6-5-10(12)8-15/h1-4,10,12,14-15H,5-8H2. The highest BCUT2D eigenvalue weighted by Crippen LogP contribution is 2.29. The molecule has 1 aromatic rings. The summed E-state index contributed by atoms with van der Waals surface area (Å²) in [5.41, 5.74) is 1.27. The van der Waals surface area contributed by atoms with Crippen molar-refractivity contribution in [3.63, 3.8) is 0 Å². The highest BCUT2D eigenvalue weighted by atomic mass is 35.5.